The summed E-state index contributed by atoms with van der Waals surface area (Å²) in [6.45, 7) is 5.26. The lowest BCUT2D eigenvalue weighted by atomic mass is 9.50. The Morgan fingerprint density at radius 2 is 1.76 bits per heavy atom. The molecule has 206 valence electrons. The predicted octanol–water partition coefficient (Wildman–Crippen LogP) is 7.59. The first-order valence-electron chi connectivity index (χ1n) is 14.5. The second-order valence-electron chi connectivity index (χ2n) is 13.3. The highest BCUT2D eigenvalue weighted by molar-refractivity contribution is 5.93. The summed E-state index contributed by atoms with van der Waals surface area (Å²) >= 11 is 0. The van der Waals surface area contributed by atoms with Gasteiger partial charge in [0.2, 0.25) is 0 Å². The van der Waals surface area contributed by atoms with Crippen molar-refractivity contribution in [3.05, 3.63) is 47.2 Å². The molecule has 5 aliphatic rings. The fourth-order valence-electron chi connectivity index (χ4n) is 9.22. The zero-order chi connectivity index (χ0) is 26.9. The molecule has 4 fully saturated rings. The van der Waals surface area contributed by atoms with Gasteiger partial charge in [-0.3, -0.25) is 9.69 Å². The quantitative estimate of drug-likeness (QED) is 0.430. The largest absolute Gasteiger partial charge is 0.416 e. The number of hydrogen-bond donors (Lipinski definition) is 1. The SMILES string of the molecule is C[C@@]12CCC[C@H]1[C@@H]1CN(C(=O)NC3(c4cccc(C(F)(F)F)c4)CCCC3)C3=CC(=O)CC[C@]3(C)[C@H]1CC2. The van der Waals surface area contributed by atoms with E-state index in [0.717, 1.165) is 37.4 Å². The number of ketones is 1. The maximum absolute atomic E-state index is 14.2. The van der Waals surface area contributed by atoms with Crippen molar-refractivity contribution in [1.29, 1.82) is 0 Å². The number of urea groups is 1. The summed E-state index contributed by atoms with van der Waals surface area (Å²) in [7, 11) is 0. The number of piperidine rings is 1. The minimum atomic E-state index is -4.44. The van der Waals surface area contributed by atoms with Crippen molar-refractivity contribution in [3.63, 3.8) is 0 Å². The fraction of sp³-hybridized carbons (Fsp3) is 0.677. The summed E-state index contributed by atoms with van der Waals surface area (Å²) in [6.07, 6.45) is 7.43. The van der Waals surface area contributed by atoms with Crippen molar-refractivity contribution in [1.82, 2.24) is 10.2 Å². The van der Waals surface area contributed by atoms with E-state index in [2.05, 4.69) is 19.2 Å². The number of alkyl halides is 3. The van der Waals surface area contributed by atoms with Gasteiger partial charge in [-0.25, -0.2) is 4.79 Å². The van der Waals surface area contributed by atoms with Crippen molar-refractivity contribution in [3.8, 4) is 0 Å². The molecule has 4 nitrogen and oxygen atoms in total. The number of carbonyl (C=O) groups is 2. The summed E-state index contributed by atoms with van der Waals surface area (Å²) in [5, 5.41) is 3.25. The number of fused-ring (bicyclic) bond motifs is 5. The fourth-order valence-corrected chi connectivity index (χ4v) is 9.22. The van der Waals surface area contributed by atoms with Crippen LogP contribution >= 0.6 is 0 Å². The van der Waals surface area contributed by atoms with Crippen molar-refractivity contribution in [2.24, 2.45) is 28.6 Å². The van der Waals surface area contributed by atoms with Gasteiger partial charge in [0.15, 0.2) is 5.78 Å². The monoisotopic (exact) mass is 528 g/mol. The summed E-state index contributed by atoms with van der Waals surface area (Å²) in [5.41, 5.74) is -0.101. The number of rotatable bonds is 2. The lowest BCUT2D eigenvalue weighted by Crippen LogP contribution is -2.61. The highest BCUT2D eigenvalue weighted by Crippen LogP contribution is 2.64. The Bertz CT molecular complexity index is 1170. The van der Waals surface area contributed by atoms with E-state index in [4.69, 9.17) is 0 Å². The zero-order valence-electron chi connectivity index (χ0n) is 22.5. The first-order valence-corrected chi connectivity index (χ1v) is 14.5. The Balaban J connectivity index is 1.36. The molecule has 1 aromatic carbocycles. The number of benzene rings is 1. The maximum atomic E-state index is 14.2. The number of hydrogen-bond acceptors (Lipinski definition) is 2. The standard InChI is InChI=1S/C31H39F3N2O2/c1-28-12-6-9-24(28)23-19-36(26-18-22(37)10-16-29(26,2)25(23)11-15-28)27(38)35-30(13-3-4-14-30)20-7-5-8-21(17-20)31(32,33)34/h5,7-8,17-18,23-25H,3-4,6,9-16,19H2,1-2H3,(H,35,38)/t23-,24-,25-,28-,29+/m0/s1. The van der Waals surface area contributed by atoms with Gasteiger partial charge in [0.05, 0.1) is 11.1 Å². The van der Waals surface area contributed by atoms with Crippen LogP contribution in [0, 0.1) is 28.6 Å². The predicted molar refractivity (Wildman–Crippen MR) is 139 cm³/mol. The highest BCUT2D eigenvalue weighted by atomic mass is 19.4. The Morgan fingerprint density at radius 1 is 1.00 bits per heavy atom. The third-order valence-electron chi connectivity index (χ3n) is 11.3. The molecule has 4 aliphatic carbocycles. The van der Waals surface area contributed by atoms with Gasteiger partial charge in [0, 0.05) is 30.2 Å². The number of allylic oxidation sites excluding steroid dienone is 2. The molecule has 0 bridgehead atoms. The molecular weight excluding hydrogens is 489 g/mol. The highest BCUT2D eigenvalue weighted by Gasteiger charge is 2.59. The summed E-state index contributed by atoms with van der Waals surface area (Å²) in [6, 6.07) is 5.19. The van der Waals surface area contributed by atoms with Crippen LogP contribution in [0.3, 0.4) is 0 Å². The van der Waals surface area contributed by atoms with E-state index in [1.165, 1.54) is 37.8 Å². The van der Waals surface area contributed by atoms with Gasteiger partial charge in [-0.15, -0.1) is 0 Å². The second kappa shape index (κ2) is 8.85. The summed E-state index contributed by atoms with van der Waals surface area (Å²) in [4.78, 5) is 28.7. The van der Waals surface area contributed by atoms with Gasteiger partial charge < -0.3 is 5.32 Å². The van der Waals surface area contributed by atoms with Crippen LogP contribution in [-0.2, 0) is 16.5 Å². The van der Waals surface area contributed by atoms with Gasteiger partial charge in [-0.05, 0) is 85.8 Å². The molecule has 1 aromatic rings. The topological polar surface area (TPSA) is 49.4 Å². The van der Waals surface area contributed by atoms with Gasteiger partial charge in [-0.2, -0.15) is 13.2 Å². The van der Waals surface area contributed by atoms with Gasteiger partial charge in [0.1, 0.15) is 0 Å². The van der Waals surface area contributed by atoms with Crippen molar-refractivity contribution in [2.75, 3.05) is 6.54 Å². The number of likely N-dealkylation sites (tertiary alicyclic amines) is 1. The lowest BCUT2D eigenvalue weighted by Gasteiger charge is -2.59. The second-order valence-corrected chi connectivity index (χ2v) is 13.3. The Hall–Kier alpha value is -2.31. The minimum Gasteiger partial charge on any atom is -0.328 e. The average molecular weight is 529 g/mol. The molecule has 5 atom stereocenters. The van der Waals surface area contributed by atoms with Crippen molar-refractivity contribution >= 4 is 11.8 Å². The Kier molecular flexibility index (Phi) is 6.04. The normalized spacial score (nSPS) is 36.2. The molecule has 7 heteroatoms. The first kappa shape index (κ1) is 25.9. The molecule has 3 saturated carbocycles. The van der Waals surface area contributed by atoms with E-state index in [9.17, 15) is 22.8 Å². The van der Waals surface area contributed by atoms with E-state index >= 15 is 0 Å². The zero-order valence-corrected chi connectivity index (χ0v) is 22.5. The number of nitrogens with one attached hydrogen (secondary N) is 1. The van der Waals surface area contributed by atoms with E-state index in [1.807, 2.05) is 4.90 Å². The molecule has 1 heterocycles. The summed E-state index contributed by atoms with van der Waals surface area (Å²) < 4.78 is 40.7. The average Bonchev–Trinajstić information content (AvgIpc) is 3.51. The molecule has 6 rings (SSSR count). The molecule has 1 aliphatic heterocycles. The number of nitrogens with zero attached hydrogens (tertiary/aromatic N) is 1. The molecule has 2 amide bonds. The number of carbonyl (C=O) groups excluding carboxylic acids is 2. The Morgan fingerprint density at radius 3 is 2.50 bits per heavy atom. The van der Waals surface area contributed by atoms with Gasteiger partial charge in [0.25, 0.3) is 0 Å². The lowest BCUT2D eigenvalue weighted by molar-refractivity contribution is -0.137. The molecule has 0 unspecified atom stereocenters. The maximum Gasteiger partial charge on any atom is 0.416 e. The third-order valence-corrected chi connectivity index (χ3v) is 11.3. The minimum absolute atomic E-state index is 0.0590. The molecule has 0 spiro atoms. The number of halogens is 3. The number of amides is 2. The van der Waals surface area contributed by atoms with Crippen LogP contribution in [0.2, 0.25) is 0 Å². The molecule has 1 N–H and O–H groups in total. The molecule has 1 saturated heterocycles. The third kappa shape index (κ3) is 4.02. The van der Waals surface area contributed by atoms with E-state index in [1.54, 1.807) is 12.1 Å². The first-order chi connectivity index (χ1) is 18.0. The van der Waals surface area contributed by atoms with Crippen molar-refractivity contribution < 1.29 is 22.8 Å². The van der Waals surface area contributed by atoms with E-state index in [0.29, 0.717) is 54.5 Å². The van der Waals surface area contributed by atoms with E-state index < -0.39 is 17.3 Å². The van der Waals surface area contributed by atoms with Crippen LogP contribution in [0.25, 0.3) is 0 Å². The Labute approximate surface area is 223 Å². The van der Waals surface area contributed by atoms with Gasteiger partial charge in [-0.1, -0.05) is 45.2 Å². The smallest absolute Gasteiger partial charge is 0.328 e. The van der Waals surface area contributed by atoms with E-state index in [-0.39, 0.29) is 17.2 Å². The molecule has 38 heavy (non-hydrogen) atoms. The van der Waals surface area contributed by atoms with Crippen LogP contribution in [-0.4, -0.2) is 23.3 Å². The van der Waals surface area contributed by atoms with Crippen molar-refractivity contribution in [2.45, 2.75) is 96.2 Å². The van der Waals surface area contributed by atoms with Crippen LogP contribution in [0.15, 0.2) is 36.0 Å². The molecule has 0 aromatic heterocycles. The summed E-state index contributed by atoms with van der Waals surface area (Å²) in [5.74, 6) is 1.46. The van der Waals surface area contributed by atoms with Crippen LogP contribution in [0.4, 0.5) is 18.0 Å². The van der Waals surface area contributed by atoms with Crippen LogP contribution in [0.5, 0.6) is 0 Å². The van der Waals surface area contributed by atoms with Crippen LogP contribution in [0.1, 0.15) is 95.6 Å². The van der Waals surface area contributed by atoms with Crippen LogP contribution < -0.4 is 5.32 Å². The molecule has 0 radical (unpaired) electrons. The van der Waals surface area contributed by atoms with Gasteiger partial charge >= 0.3 is 12.2 Å². The molecular formula is C31H39F3N2O2.